The molecule has 1 aliphatic heterocycles. The fourth-order valence-corrected chi connectivity index (χ4v) is 4.40. The number of carbonyl (C=O) groups is 2. The Balaban J connectivity index is 1.32. The Bertz CT molecular complexity index is 903. The van der Waals surface area contributed by atoms with Gasteiger partial charge in [-0.2, -0.15) is 0 Å². The van der Waals surface area contributed by atoms with Gasteiger partial charge in [-0.25, -0.2) is 9.59 Å². The molecule has 4 amide bonds. The second kappa shape index (κ2) is 9.83. The lowest BCUT2D eigenvalue weighted by Crippen LogP contribution is -2.52. The first-order chi connectivity index (χ1) is 15.1. The molecule has 7 nitrogen and oxygen atoms in total. The molecule has 31 heavy (non-hydrogen) atoms. The Labute approximate surface area is 183 Å². The first kappa shape index (κ1) is 21.2. The molecule has 1 aliphatic carbocycles. The van der Waals surface area contributed by atoms with Crippen molar-refractivity contribution in [3.63, 3.8) is 0 Å². The third-order valence-electron chi connectivity index (χ3n) is 6.21. The lowest BCUT2D eigenvalue weighted by Gasteiger charge is -2.38. The second-order valence-corrected chi connectivity index (χ2v) is 8.37. The number of para-hydroxylation sites is 1. The van der Waals surface area contributed by atoms with Crippen LogP contribution in [0.2, 0.25) is 0 Å². The molecular weight excluding hydrogens is 390 g/mol. The molecule has 2 aliphatic rings. The van der Waals surface area contributed by atoms with Crippen molar-refractivity contribution in [2.75, 3.05) is 42.1 Å². The number of hydrogen-bond donors (Lipinski definition) is 3. The summed E-state index contributed by atoms with van der Waals surface area (Å²) in [4.78, 5) is 29.5. The van der Waals surface area contributed by atoms with Gasteiger partial charge in [0.15, 0.2) is 0 Å². The Morgan fingerprint density at radius 2 is 1.52 bits per heavy atom. The van der Waals surface area contributed by atoms with Crippen molar-refractivity contribution in [3.05, 3.63) is 54.1 Å². The van der Waals surface area contributed by atoms with Crippen molar-refractivity contribution in [2.24, 2.45) is 0 Å². The highest BCUT2D eigenvalue weighted by molar-refractivity contribution is 6.00. The Hall–Kier alpha value is -3.06. The van der Waals surface area contributed by atoms with Crippen LogP contribution in [0.1, 0.15) is 31.2 Å². The minimum absolute atomic E-state index is 0.0833. The van der Waals surface area contributed by atoms with E-state index < -0.39 is 0 Å². The van der Waals surface area contributed by atoms with Crippen molar-refractivity contribution in [1.29, 1.82) is 0 Å². The molecule has 2 fully saturated rings. The van der Waals surface area contributed by atoms with Crippen molar-refractivity contribution in [2.45, 2.75) is 38.6 Å². The van der Waals surface area contributed by atoms with Crippen molar-refractivity contribution in [3.8, 4) is 0 Å². The second-order valence-electron chi connectivity index (χ2n) is 8.37. The van der Waals surface area contributed by atoms with Crippen LogP contribution in [0.25, 0.3) is 0 Å². The first-order valence-corrected chi connectivity index (χ1v) is 11.1. The summed E-state index contributed by atoms with van der Waals surface area (Å²) in [6.07, 6.45) is 5.25. The van der Waals surface area contributed by atoms with E-state index in [1.807, 2.05) is 54.3 Å². The summed E-state index contributed by atoms with van der Waals surface area (Å²) in [5.74, 6) is 0. The Kier molecular flexibility index (Phi) is 6.72. The van der Waals surface area contributed by atoms with Gasteiger partial charge in [-0.05, 0) is 49.6 Å². The lowest BCUT2D eigenvalue weighted by molar-refractivity contribution is 0.115. The molecule has 1 heterocycles. The Morgan fingerprint density at radius 1 is 0.839 bits per heavy atom. The van der Waals surface area contributed by atoms with E-state index in [0.29, 0.717) is 17.4 Å². The summed E-state index contributed by atoms with van der Waals surface area (Å²) in [5, 5.41) is 8.64. The summed E-state index contributed by atoms with van der Waals surface area (Å²) < 4.78 is 0. The minimum Gasteiger partial charge on any atom is -0.322 e. The highest BCUT2D eigenvalue weighted by Crippen LogP contribution is 2.25. The SMILES string of the molecule is Cc1ccc(NC(=O)Nc2ccccc2)cc1NC(=O)N1CCN(C2CCCC2)CC1. The molecule has 0 atom stereocenters. The van der Waals surface area contributed by atoms with Crippen LogP contribution in [-0.4, -0.2) is 54.1 Å². The number of carbonyl (C=O) groups excluding carboxylic acids is 2. The van der Waals surface area contributed by atoms with E-state index in [4.69, 9.17) is 0 Å². The van der Waals surface area contributed by atoms with Crippen LogP contribution in [0.5, 0.6) is 0 Å². The van der Waals surface area contributed by atoms with Crippen LogP contribution in [0.4, 0.5) is 26.7 Å². The molecule has 2 aromatic rings. The van der Waals surface area contributed by atoms with Gasteiger partial charge in [0.1, 0.15) is 0 Å². The van der Waals surface area contributed by atoms with E-state index in [-0.39, 0.29) is 12.1 Å². The summed E-state index contributed by atoms with van der Waals surface area (Å²) in [7, 11) is 0. The van der Waals surface area contributed by atoms with Crippen LogP contribution in [0.15, 0.2) is 48.5 Å². The zero-order valence-electron chi connectivity index (χ0n) is 18.1. The topological polar surface area (TPSA) is 76.7 Å². The molecule has 0 bridgehead atoms. The zero-order chi connectivity index (χ0) is 21.6. The molecular formula is C24H31N5O2. The number of urea groups is 2. The minimum atomic E-state index is -0.324. The van der Waals surface area contributed by atoms with Crippen LogP contribution in [-0.2, 0) is 0 Å². The Morgan fingerprint density at radius 3 is 2.23 bits per heavy atom. The number of aryl methyl sites for hydroxylation is 1. The van der Waals surface area contributed by atoms with Gasteiger partial charge >= 0.3 is 12.1 Å². The van der Waals surface area contributed by atoms with Crippen molar-refractivity contribution >= 4 is 29.1 Å². The van der Waals surface area contributed by atoms with Crippen LogP contribution >= 0.6 is 0 Å². The van der Waals surface area contributed by atoms with Crippen LogP contribution < -0.4 is 16.0 Å². The monoisotopic (exact) mass is 421 g/mol. The molecule has 0 unspecified atom stereocenters. The fraction of sp³-hybridized carbons (Fsp3) is 0.417. The summed E-state index contributed by atoms with van der Waals surface area (Å²) >= 11 is 0. The van der Waals surface area contributed by atoms with E-state index >= 15 is 0 Å². The quantitative estimate of drug-likeness (QED) is 0.668. The highest BCUT2D eigenvalue weighted by atomic mass is 16.2. The van der Waals surface area contributed by atoms with Crippen LogP contribution in [0, 0.1) is 6.92 Å². The summed E-state index contributed by atoms with van der Waals surface area (Å²) in [5.41, 5.74) is 3.01. The van der Waals surface area contributed by atoms with Crippen molar-refractivity contribution < 1.29 is 9.59 Å². The van der Waals surface area contributed by atoms with E-state index in [9.17, 15) is 9.59 Å². The number of amides is 4. The van der Waals surface area contributed by atoms with Gasteiger partial charge in [-0.15, -0.1) is 0 Å². The van der Waals surface area contributed by atoms with E-state index in [2.05, 4.69) is 20.9 Å². The molecule has 164 valence electrons. The zero-order valence-corrected chi connectivity index (χ0v) is 18.1. The normalized spacial score (nSPS) is 17.4. The van der Waals surface area contributed by atoms with Crippen molar-refractivity contribution in [1.82, 2.24) is 9.80 Å². The maximum atomic E-state index is 12.8. The number of rotatable bonds is 4. The van der Waals surface area contributed by atoms with Gasteiger partial charge in [-0.3, -0.25) is 4.90 Å². The average Bonchev–Trinajstić information content (AvgIpc) is 3.32. The third-order valence-corrected chi connectivity index (χ3v) is 6.21. The van der Waals surface area contributed by atoms with Gasteiger partial charge in [0.2, 0.25) is 0 Å². The van der Waals surface area contributed by atoms with Gasteiger partial charge < -0.3 is 20.9 Å². The van der Waals surface area contributed by atoms with Crippen LogP contribution in [0.3, 0.4) is 0 Å². The molecule has 0 aromatic heterocycles. The van der Waals surface area contributed by atoms with Gasteiger partial charge in [0.25, 0.3) is 0 Å². The maximum Gasteiger partial charge on any atom is 0.323 e. The average molecular weight is 422 g/mol. The lowest BCUT2D eigenvalue weighted by atomic mass is 10.1. The molecule has 1 saturated heterocycles. The molecule has 0 radical (unpaired) electrons. The number of hydrogen-bond acceptors (Lipinski definition) is 3. The number of piperazine rings is 1. The number of nitrogens with one attached hydrogen (secondary N) is 3. The smallest absolute Gasteiger partial charge is 0.322 e. The van der Waals surface area contributed by atoms with E-state index in [1.54, 1.807) is 6.07 Å². The number of benzene rings is 2. The molecule has 4 rings (SSSR count). The summed E-state index contributed by atoms with van der Waals surface area (Å²) in [6.45, 7) is 5.33. The predicted molar refractivity (Wildman–Crippen MR) is 125 cm³/mol. The third kappa shape index (κ3) is 5.55. The molecule has 3 N–H and O–H groups in total. The van der Waals surface area contributed by atoms with Gasteiger partial charge in [0, 0.05) is 49.3 Å². The molecule has 7 heteroatoms. The largest absolute Gasteiger partial charge is 0.323 e. The fourth-order valence-electron chi connectivity index (χ4n) is 4.40. The first-order valence-electron chi connectivity index (χ1n) is 11.1. The van der Waals surface area contributed by atoms with Gasteiger partial charge in [0.05, 0.1) is 0 Å². The number of anilines is 3. The predicted octanol–water partition coefficient (Wildman–Crippen LogP) is 4.73. The summed E-state index contributed by atoms with van der Waals surface area (Å²) in [6, 6.07) is 15.1. The highest BCUT2D eigenvalue weighted by Gasteiger charge is 2.28. The molecule has 0 spiro atoms. The van der Waals surface area contributed by atoms with Gasteiger partial charge in [-0.1, -0.05) is 37.1 Å². The maximum absolute atomic E-state index is 12.8. The molecule has 2 aromatic carbocycles. The molecule has 1 saturated carbocycles. The van der Waals surface area contributed by atoms with E-state index in [1.165, 1.54) is 25.7 Å². The standard InChI is InChI=1S/C24H31N5O2/c1-18-11-12-20(26-23(30)25-19-7-3-2-4-8-19)17-22(18)27-24(31)29-15-13-28(14-16-29)21-9-5-6-10-21/h2-4,7-8,11-12,17,21H,5-6,9-10,13-16H2,1H3,(H,27,31)(H2,25,26,30). The number of nitrogens with zero attached hydrogens (tertiary/aromatic N) is 2. The van der Waals surface area contributed by atoms with E-state index in [0.717, 1.165) is 37.4 Å².